The second kappa shape index (κ2) is 7.06. The van der Waals surface area contributed by atoms with E-state index in [-0.39, 0.29) is 12.6 Å². The molecular weight excluding hydrogens is 234 g/mol. The summed E-state index contributed by atoms with van der Waals surface area (Å²) >= 11 is 0. The van der Waals surface area contributed by atoms with E-state index >= 15 is 0 Å². The number of hydrogen-bond acceptors (Lipinski definition) is 2. The lowest BCUT2D eigenvalue weighted by Crippen LogP contribution is -2.47. The van der Waals surface area contributed by atoms with Crippen molar-refractivity contribution in [1.29, 1.82) is 0 Å². The number of benzene rings is 1. The fraction of sp³-hybridized carbons (Fsp3) is 0.647. The molecule has 0 aliphatic heterocycles. The molecule has 0 aromatic heterocycles. The number of aliphatic hydroxyl groups is 1. The minimum atomic E-state index is 0.181. The smallest absolute Gasteiger partial charge is 0.0587 e. The first kappa shape index (κ1) is 14.5. The van der Waals surface area contributed by atoms with Gasteiger partial charge in [-0.3, -0.25) is 0 Å². The third-order valence-corrected chi connectivity index (χ3v) is 4.45. The zero-order valence-electron chi connectivity index (χ0n) is 12.2. The van der Waals surface area contributed by atoms with Crippen molar-refractivity contribution in [3.05, 3.63) is 35.9 Å². The Morgan fingerprint density at radius 3 is 2.63 bits per heavy atom. The van der Waals surface area contributed by atoms with Crippen LogP contribution in [0.2, 0.25) is 0 Å². The monoisotopic (exact) mass is 261 g/mol. The molecular formula is C17H27NO. The van der Waals surface area contributed by atoms with Gasteiger partial charge in [0, 0.05) is 12.1 Å². The summed E-state index contributed by atoms with van der Waals surface area (Å²) in [5.41, 5.74) is 1.30. The number of aliphatic hydroxyl groups excluding tert-OH is 1. The van der Waals surface area contributed by atoms with Crippen molar-refractivity contribution in [1.82, 2.24) is 5.32 Å². The second-order valence-corrected chi connectivity index (χ2v) is 6.24. The summed E-state index contributed by atoms with van der Waals surface area (Å²) in [7, 11) is 0. The van der Waals surface area contributed by atoms with Crippen molar-refractivity contribution in [2.24, 2.45) is 11.8 Å². The molecule has 1 aromatic rings. The van der Waals surface area contributed by atoms with Gasteiger partial charge in [-0.05, 0) is 36.7 Å². The maximum absolute atomic E-state index is 9.61. The highest BCUT2D eigenvalue weighted by molar-refractivity contribution is 5.16. The lowest BCUT2D eigenvalue weighted by atomic mass is 9.79. The third-order valence-electron chi connectivity index (χ3n) is 4.45. The average Bonchev–Trinajstić information content (AvgIpc) is 2.43. The van der Waals surface area contributed by atoms with Crippen molar-refractivity contribution in [2.45, 2.75) is 51.6 Å². The van der Waals surface area contributed by atoms with E-state index in [1.165, 1.54) is 24.8 Å². The molecule has 19 heavy (non-hydrogen) atoms. The second-order valence-electron chi connectivity index (χ2n) is 6.24. The number of hydrogen-bond donors (Lipinski definition) is 2. The van der Waals surface area contributed by atoms with Crippen molar-refractivity contribution < 1.29 is 5.11 Å². The minimum Gasteiger partial charge on any atom is -0.395 e. The molecule has 0 amide bonds. The molecule has 0 radical (unpaired) electrons. The van der Waals surface area contributed by atoms with E-state index in [2.05, 4.69) is 43.4 Å². The molecule has 0 saturated heterocycles. The maximum Gasteiger partial charge on any atom is 0.0587 e. The molecule has 2 rings (SSSR count). The Morgan fingerprint density at radius 1 is 1.21 bits per heavy atom. The van der Waals surface area contributed by atoms with E-state index in [0.717, 1.165) is 18.3 Å². The zero-order chi connectivity index (χ0) is 13.7. The zero-order valence-corrected chi connectivity index (χ0v) is 12.2. The van der Waals surface area contributed by atoms with Gasteiger partial charge in [0.15, 0.2) is 0 Å². The van der Waals surface area contributed by atoms with Gasteiger partial charge in [0.05, 0.1) is 6.61 Å². The highest BCUT2D eigenvalue weighted by Crippen LogP contribution is 2.28. The van der Waals surface area contributed by atoms with Crippen LogP contribution in [-0.4, -0.2) is 23.8 Å². The van der Waals surface area contributed by atoms with Gasteiger partial charge in [0.1, 0.15) is 0 Å². The minimum absolute atomic E-state index is 0.181. The normalized spacial score (nSPS) is 29.1. The molecule has 1 aliphatic carbocycles. The van der Waals surface area contributed by atoms with E-state index in [1.54, 1.807) is 0 Å². The average molecular weight is 261 g/mol. The van der Waals surface area contributed by atoms with Gasteiger partial charge in [0.2, 0.25) is 0 Å². The summed E-state index contributed by atoms with van der Waals surface area (Å²) in [6.45, 7) is 4.89. The van der Waals surface area contributed by atoms with Gasteiger partial charge in [-0.2, -0.15) is 0 Å². The maximum atomic E-state index is 9.61. The predicted octanol–water partition coefficient (Wildman–Crippen LogP) is 3.00. The van der Waals surface area contributed by atoms with Crippen LogP contribution in [0.1, 0.15) is 38.7 Å². The van der Waals surface area contributed by atoms with Crippen LogP contribution in [0.5, 0.6) is 0 Å². The number of rotatable bonds is 5. The molecule has 1 fully saturated rings. The van der Waals surface area contributed by atoms with Crippen molar-refractivity contribution in [3.63, 3.8) is 0 Å². The molecule has 1 aromatic carbocycles. The molecule has 0 bridgehead atoms. The first-order valence-corrected chi connectivity index (χ1v) is 7.60. The Hall–Kier alpha value is -0.860. The van der Waals surface area contributed by atoms with Crippen molar-refractivity contribution in [2.75, 3.05) is 6.61 Å². The van der Waals surface area contributed by atoms with Crippen LogP contribution in [-0.2, 0) is 6.42 Å². The van der Waals surface area contributed by atoms with E-state index in [1.807, 2.05) is 6.07 Å². The topological polar surface area (TPSA) is 32.3 Å². The highest BCUT2D eigenvalue weighted by Gasteiger charge is 2.27. The standard InChI is InChI=1S/C17H27NO/c1-13-8-9-14(2)17(10-13)18-16(12-19)11-15-6-4-3-5-7-15/h3-7,13-14,16-19H,8-12H2,1-2H3/t13?,14?,16-,17?/m0/s1. The number of nitrogens with one attached hydrogen (secondary N) is 1. The highest BCUT2D eigenvalue weighted by atomic mass is 16.3. The van der Waals surface area contributed by atoms with Gasteiger partial charge in [-0.25, -0.2) is 0 Å². The van der Waals surface area contributed by atoms with Crippen LogP contribution in [0.4, 0.5) is 0 Å². The van der Waals surface area contributed by atoms with Gasteiger partial charge in [-0.1, -0.05) is 50.6 Å². The molecule has 2 heteroatoms. The molecule has 0 spiro atoms. The van der Waals surface area contributed by atoms with Crippen LogP contribution < -0.4 is 5.32 Å². The fourth-order valence-corrected chi connectivity index (χ4v) is 3.14. The molecule has 106 valence electrons. The molecule has 3 unspecified atom stereocenters. The van der Waals surface area contributed by atoms with Crippen LogP contribution >= 0.6 is 0 Å². The Labute approximate surface area is 117 Å². The lowest BCUT2D eigenvalue weighted by molar-refractivity contribution is 0.175. The van der Waals surface area contributed by atoms with E-state index in [4.69, 9.17) is 0 Å². The summed E-state index contributed by atoms with van der Waals surface area (Å²) in [5, 5.41) is 13.3. The predicted molar refractivity (Wildman–Crippen MR) is 80.1 cm³/mol. The van der Waals surface area contributed by atoms with Crippen molar-refractivity contribution >= 4 is 0 Å². The summed E-state index contributed by atoms with van der Waals surface area (Å²) < 4.78 is 0. The molecule has 4 atom stereocenters. The molecule has 2 N–H and O–H groups in total. The first-order valence-electron chi connectivity index (χ1n) is 7.60. The molecule has 0 heterocycles. The van der Waals surface area contributed by atoms with Gasteiger partial charge < -0.3 is 10.4 Å². The SMILES string of the molecule is CC1CCC(C)C(N[C@H](CO)Cc2ccccc2)C1. The van der Waals surface area contributed by atoms with Gasteiger partial charge in [0.25, 0.3) is 0 Å². The van der Waals surface area contributed by atoms with E-state index < -0.39 is 0 Å². The molecule has 1 aliphatic rings. The fourth-order valence-electron chi connectivity index (χ4n) is 3.14. The largest absolute Gasteiger partial charge is 0.395 e. The Kier molecular flexibility index (Phi) is 5.41. The van der Waals surface area contributed by atoms with E-state index in [9.17, 15) is 5.11 Å². The van der Waals surface area contributed by atoms with Crippen molar-refractivity contribution in [3.8, 4) is 0 Å². The lowest BCUT2D eigenvalue weighted by Gasteiger charge is -2.36. The van der Waals surface area contributed by atoms with Crippen LogP contribution in [0, 0.1) is 11.8 Å². The third kappa shape index (κ3) is 4.32. The van der Waals surface area contributed by atoms with Crippen LogP contribution in [0.3, 0.4) is 0 Å². The Morgan fingerprint density at radius 2 is 1.95 bits per heavy atom. The van der Waals surface area contributed by atoms with Crippen LogP contribution in [0.15, 0.2) is 30.3 Å². The summed E-state index contributed by atoms with van der Waals surface area (Å²) in [6.07, 6.45) is 4.81. The first-order chi connectivity index (χ1) is 9.19. The van der Waals surface area contributed by atoms with E-state index in [0.29, 0.717) is 6.04 Å². The molecule has 2 nitrogen and oxygen atoms in total. The Bertz CT molecular complexity index is 365. The Balaban J connectivity index is 1.91. The summed E-state index contributed by atoms with van der Waals surface area (Å²) in [4.78, 5) is 0. The molecule has 1 saturated carbocycles. The summed E-state index contributed by atoms with van der Waals surface area (Å²) in [5.74, 6) is 1.53. The van der Waals surface area contributed by atoms with Gasteiger partial charge >= 0.3 is 0 Å². The summed E-state index contributed by atoms with van der Waals surface area (Å²) in [6, 6.07) is 11.2. The van der Waals surface area contributed by atoms with Crippen LogP contribution in [0.25, 0.3) is 0 Å². The quantitative estimate of drug-likeness (QED) is 0.854. The van der Waals surface area contributed by atoms with Gasteiger partial charge in [-0.15, -0.1) is 0 Å².